The van der Waals surface area contributed by atoms with Gasteiger partial charge in [-0.3, -0.25) is 4.79 Å². The smallest absolute Gasteiger partial charge is 0.161 e. The zero-order chi connectivity index (χ0) is 12.4. The molecule has 0 N–H and O–H groups in total. The Kier molecular flexibility index (Phi) is 3.22. The van der Waals surface area contributed by atoms with Gasteiger partial charge in [-0.25, -0.2) is 0 Å². The van der Waals surface area contributed by atoms with Gasteiger partial charge in [-0.15, -0.1) is 0 Å². The molecule has 1 aliphatic heterocycles. The quantitative estimate of drug-likeness (QED) is 0.819. The van der Waals surface area contributed by atoms with E-state index in [0.717, 1.165) is 42.7 Å². The first kappa shape index (κ1) is 11.6. The van der Waals surface area contributed by atoms with Crippen molar-refractivity contribution in [1.82, 2.24) is 0 Å². The van der Waals surface area contributed by atoms with Crippen molar-refractivity contribution in [3.8, 4) is 11.5 Å². The summed E-state index contributed by atoms with van der Waals surface area (Å²) in [7, 11) is 0. The molecule has 1 saturated carbocycles. The molecule has 3 nitrogen and oxygen atoms in total. The Morgan fingerprint density at radius 2 is 1.94 bits per heavy atom. The molecule has 0 radical (unpaired) electrons. The van der Waals surface area contributed by atoms with Gasteiger partial charge in [0.1, 0.15) is 5.78 Å². The Balaban J connectivity index is 1.65. The van der Waals surface area contributed by atoms with Crippen molar-refractivity contribution in [3.05, 3.63) is 23.8 Å². The van der Waals surface area contributed by atoms with Gasteiger partial charge >= 0.3 is 0 Å². The first-order valence-corrected chi connectivity index (χ1v) is 6.74. The minimum absolute atomic E-state index is 0.366. The van der Waals surface area contributed by atoms with Gasteiger partial charge in [0.15, 0.2) is 11.5 Å². The van der Waals surface area contributed by atoms with Crippen LogP contribution in [-0.2, 0) is 11.2 Å². The van der Waals surface area contributed by atoms with Crippen LogP contribution in [0.3, 0.4) is 0 Å². The predicted molar refractivity (Wildman–Crippen MR) is 68.1 cm³/mol. The van der Waals surface area contributed by atoms with E-state index < -0.39 is 0 Å². The van der Waals surface area contributed by atoms with Crippen molar-refractivity contribution in [2.45, 2.75) is 32.1 Å². The zero-order valence-electron chi connectivity index (χ0n) is 10.5. The van der Waals surface area contributed by atoms with Crippen LogP contribution in [0.1, 0.15) is 31.2 Å². The molecule has 1 heterocycles. The van der Waals surface area contributed by atoms with Gasteiger partial charge in [0.25, 0.3) is 0 Å². The molecule has 2 aliphatic rings. The summed E-state index contributed by atoms with van der Waals surface area (Å²) in [6.07, 6.45) is 4.58. The molecule has 1 fully saturated rings. The number of Topliss-reactive ketones (excluding diaryl/α,β-unsaturated/α-hetero) is 1. The number of ether oxygens (including phenoxy) is 2. The lowest BCUT2D eigenvalue weighted by molar-refractivity contribution is -0.120. The van der Waals surface area contributed by atoms with Crippen LogP contribution in [-0.4, -0.2) is 19.0 Å². The van der Waals surface area contributed by atoms with Crippen LogP contribution in [0.15, 0.2) is 18.2 Å². The molecule has 0 atom stereocenters. The molecule has 0 aromatic heterocycles. The summed E-state index contributed by atoms with van der Waals surface area (Å²) in [6, 6.07) is 6.01. The number of rotatable bonds is 4. The van der Waals surface area contributed by atoms with Crippen molar-refractivity contribution in [2.24, 2.45) is 5.92 Å². The molecule has 3 heteroatoms. The third-order valence-electron chi connectivity index (χ3n) is 3.50. The van der Waals surface area contributed by atoms with E-state index in [9.17, 15) is 4.79 Å². The van der Waals surface area contributed by atoms with Crippen LogP contribution in [0.25, 0.3) is 0 Å². The predicted octanol–water partition coefficient (Wildman–Crippen LogP) is 2.76. The molecule has 0 bridgehead atoms. The van der Waals surface area contributed by atoms with Gasteiger partial charge in [-0.2, -0.15) is 0 Å². The van der Waals surface area contributed by atoms with Gasteiger partial charge in [0.05, 0.1) is 13.2 Å². The Hall–Kier alpha value is -1.51. The highest BCUT2D eigenvalue weighted by atomic mass is 16.5. The summed E-state index contributed by atoms with van der Waals surface area (Å²) in [5, 5.41) is 0. The zero-order valence-corrected chi connectivity index (χ0v) is 10.5. The van der Waals surface area contributed by atoms with Crippen LogP contribution in [0.5, 0.6) is 11.5 Å². The molecular formula is C15H18O3. The van der Waals surface area contributed by atoms with Crippen LogP contribution >= 0.6 is 0 Å². The Bertz CT molecular complexity index is 449. The van der Waals surface area contributed by atoms with Crippen LogP contribution in [0, 0.1) is 5.92 Å². The molecule has 0 saturated heterocycles. The Morgan fingerprint density at radius 3 is 2.72 bits per heavy atom. The number of benzene rings is 1. The maximum absolute atomic E-state index is 11.7. The molecule has 0 unspecified atom stereocenters. The first-order chi connectivity index (χ1) is 8.83. The summed E-state index contributed by atoms with van der Waals surface area (Å²) >= 11 is 0. The summed E-state index contributed by atoms with van der Waals surface area (Å²) in [5.74, 6) is 2.43. The maximum Gasteiger partial charge on any atom is 0.161 e. The Labute approximate surface area is 107 Å². The van der Waals surface area contributed by atoms with Crippen LogP contribution in [0.4, 0.5) is 0 Å². The lowest BCUT2D eigenvalue weighted by Crippen LogP contribution is -2.02. The highest BCUT2D eigenvalue weighted by Gasteiger charge is 2.28. The molecule has 0 amide bonds. The minimum atomic E-state index is 0.366. The fourth-order valence-corrected chi connectivity index (χ4v) is 2.24. The average molecular weight is 246 g/mol. The number of hydrogen-bond donors (Lipinski definition) is 0. The molecular weight excluding hydrogens is 228 g/mol. The highest BCUT2D eigenvalue weighted by molar-refractivity contribution is 5.83. The van der Waals surface area contributed by atoms with Crippen molar-refractivity contribution in [3.63, 3.8) is 0 Å². The largest absolute Gasteiger partial charge is 0.490 e. The number of carbonyl (C=O) groups excluding carboxylic acids is 1. The fourth-order valence-electron chi connectivity index (χ4n) is 2.24. The molecule has 18 heavy (non-hydrogen) atoms. The number of ketones is 1. The van der Waals surface area contributed by atoms with E-state index >= 15 is 0 Å². The van der Waals surface area contributed by atoms with E-state index in [1.807, 2.05) is 18.2 Å². The third kappa shape index (κ3) is 2.66. The number of carbonyl (C=O) groups is 1. The van der Waals surface area contributed by atoms with Gasteiger partial charge in [0, 0.05) is 18.8 Å². The van der Waals surface area contributed by atoms with Crippen molar-refractivity contribution >= 4 is 5.78 Å². The second kappa shape index (κ2) is 5.01. The number of hydrogen-bond acceptors (Lipinski definition) is 3. The molecule has 96 valence electrons. The van der Waals surface area contributed by atoms with Crippen molar-refractivity contribution in [2.75, 3.05) is 13.2 Å². The second-order valence-electron chi connectivity index (χ2n) is 5.07. The lowest BCUT2D eigenvalue weighted by Gasteiger charge is -2.09. The summed E-state index contributed by atoms with van der Waals surface area (Å²) in [5.41, 5.74) is 1.16. The molecule has 1 aromatic rings. The van der Waals surface area contributed by atoms with E-state index in [0.29, 0.717) is 31.3 Å². The first-order valence-electron chi connectivity index (χ1n) is 6.74. The van der Waals surface area contributed by atoms with Gasteiger partial charge in [0.2, 0.25) is 0 Å². The normalized spacial score (nSPS) is 18.2. The lowest BCUT2D eigenvalue weighted by atomic mass is 10.0. The fraction of sp³-hybridized carbons (Fsp3) is 0.533. The summed E-state index contributed by atoms with van der Waals surface area (Å²) in [6.45, 7) is 1.42. The summed E-state index contributed by atoms with van der Waals surface area (Å²) in [4.78, 5) is 11.7. The monoisotopic (exact) mass is 246 g/mol. The van der Waals surface area contributed by atoms with Crippen LogP contribution in [0.2, 0.25) is 0 Å². The van der Waals surface area contributed by atoms with Gasteiger partial charge in [-0.1, -0.05) is 6.07 Å². The molecule has 1 aliphatic carbocycles. The summed E-state index contributed by atoms with van der Waals surface area (Å²) < 4.78 is 11.2. The number of aryl methyl sites for hydroxylation is 1. The van der Waals surface area contributed by atoms with Crippen molar-refractivity contribution in [1.29, 1.82) is 0 Å². The van der Waals surface area contributed by atoms with Gasteiger partial charge in [-0.05, 0) is 37.0 Å². The average Bonchev–Trinajstić information content (AvgIpc) is 3.21. The standard InChI is InChI=1S/C15H18O3/c16-13(12-4-5-12)6-2-11-3-7-14-15(10-11)18-9-1-8-17-14/h3,7,10,12H,1-2,4-6,8-9H2. The van der Waals surface area contributed by atoms with Crippen molar-refractivity contribution < 1.29 is 14.3 Å². The highest BCUT2D eigenvalue weighted by Crippen LogP contribution is 2.33. The Morgan fingerprint density at radius 1 is 1.17 bits per heavy atom. The second-order valence-corrected chi connectivity index (χ2v) is 5.07. The SMILES string of the molecule is O=C(CCc1ccc2c(c1)OCCCO2)C1CC1. The maximum atomic E-state index is 11.7. The topological polar surface area (TPSA) is 35.5 Å². The third-order valence-corrected chi connectivity index (χ3v) is 3.50. The van der Waals surface area contributed by atoms with E-state index in [-0.39, 0.29) is 0 Å². The minimum Gasteiger partial charge on any atom is -0.490 e. The molecule has 1 aromatic carbocycles. The van der Waals surface area contributed by atoms with E-state index in [1.165, 1.54) is 0 Å². The molecule has 3 rings (SSSR count). The van der Waals surface area contributed by atoms with E-state index in [2.05, 4.69) is 0 Å². The number of fused-ring (bicyclic) bond motifs is 1. The van der Waals surface area contributed by atoms with E-state index in [4.69, 9.17) is 9.47 Å². The van der Waals surface area contributed by atoms with E-state index in [1.54, 1.807) is 0 Å². The van der Waals surface area contributed by atoms with Gasteiger partial charge < -0.3 is 9.47 Å². The van der Waals surface area contributed by atoms with Crippen LogP contribution < -0.4 is 9.47 Å². The molecule has 0 spiro atoms.